The lowest BCUT2D eigenvalue weighted by Gasteiger charge is -2.22. The van der Waals surface area contributed by atoms with Crippen LogP contribution in [-0.4, -0.2) is 60.6 Å². The van der Waals surface area contributed by atoms with Crippen LogP contribution < -0.4 is 10.6 Å². The minimum atomic E-state index is -4.39. The maximum Gasteiger partial charge on any atom is 0.408 e. The van der Waals surface area contributed by atoms with Crippen LogP contribution in [0.4, 0.5) is 4.79 Å². The number of carbonyl (C=O) groups is 2. The van der Waals surface area contributed by atoms with E-state index in [9.17, 15) is 18.0 Å². The van der Waals surface area contributed by atoms with Crippen molar-refractivity contribution in [2.75, 3.05) is 18.9 Å². The van der Waals surface area contributed by atoms with Gasteiger partial charge in [-0.05, 0) is 27.2 Å². The number of amides is 2. The van der Waals surface area contributed by atoms with Crippen LogP contribution in [0.3, 0.4) is 0 Å². The fraction of sp³-hybridized carbons (Fsp3) is 0.818. The lowest BCUT2D eigenvalue weighted by Crippen LogP contribution is -2.50. The number of hydrogen-bond donors (Lipinski definition) is 4. The van der Waals surface area contributed by atoms with E-state index < -0.39 is 59.0 Å². The molecule has 0 aliphatic carbocycles. The SMILES string of the molecule is [2H]C([2H])(CCS(=O)(=O)O)NC(=O)[C@H](CO)NC(=O)OC(C)(C)C. The molecular weight excluding hydrogens is 304 g/mol. The standard InChI is InChI=1S/C11H22N2O7S/c1-11(2,3)20-10(16)13-8(7-14)9(15)12-5-4-6-21(17,18)19/h8,14H,4-7H2,1-3H3,(H,12,15)(H,13,16)(H,17,18,19)/t8-/m0/s1/i5D2. The molecule has 0 saturated carbocycles. The summed E-state index contributed by atoms with van der Waals surface area (Å²) in [7, 11) is -4.39. The second-order valence-electron chi connectivity index (χ2n) is 5.08. The van der Waals surface area contributed by atoms with Gasteiger partial charge in [-0.2, -0.15) is 8.42 Å². The van der Waals surface area contributed by atoms with Crippen molar-refractivity contribution in [3.63, 3.8) is 0 Å². The van der Waals surface area contributed by atoms with E-state index in [4.69, 9.17) is 17.1 Å². The van der Waals surface area contributed by atoms with Crippen molar-refractivity contribution >= 4 is 22.1 Å². The molecule has 0 radical (unpaired) electrons. The first-order chi connectivity index (χ1) is 10.2. The minimum Gasteiger partial charge on any atom is -0.444 e. The van der Waals surface area contributed by atoms with Crippen molar-refractivity contribution in [3.05, 3.63) is 0 Å². The molecule has 0 aromatic rings. The number of ether oxygens (including phenoxy) is 1. The fourth-order valence-corrected chi connectivity index (χ4v) is 1.42. The van der Waals surface area contributed by atoms with Crippen LogP contribution in [0.5, 0.6) is 0 Å². The number of aliphatic hydroxyl groups excluding tert-OH is 1. The van der Waals surface area contributed by atoms with Crippen molar-refractivity contribution < 1.29 is 35.1 Å². The molecule has 0 fully saturated rings. The van der Waals surface area contributed by atoms with E-state index >= 15 is 0 Å². The van der Waals surface area contributed by atoms with Crippen molar-refractivity contribution in [3.8, 4) is 0 Å². The molecule has 0 unspecified atom stereocenters. The Balaban J connectivity index is 4.68. The van der Waals surface area contributed by atoms with Gasteiger partial charge in [-0.25, -0.2) is 4.79 Å². The highest BCUT2D eigenvalue weighted by Gasteiger charge is 2.23. The molecule has 0 heterocycles. The molecule has 9 nitrogen and oxygen atoms in total. The van der Waals surface area contributed by atoms with Crippen LogP contribution in [0.1, 0.15) is 29.9 Å². The summed E-state index contributed by atoms with van der Waals surface area (Å²) >= 11 is 0. The first-order valence-electron chi connectivity index (χ1n) is 7.03. The highest BCUT2D eigenvalue weighted by atomic mass is 32.2. The summed E-state index contributed by atoms with van der Waals surface area (Å²) in [5.74, 6) is -1.97. The second-order valence-corrected chi connectivity index (χ2v) is 6.66. The van der Waals surface area contributed by atoms with E-state index in [-0.39, 0.29) is 0 Å². The zero-order valence-electron chi connectivity index (χ0n) is 14.0. The molecule has 0 saturated heterocycles. The van der Waals surface area contributed by atoms with E-state index in [1.807, 2.05) is 5.32 Å². The minimum absolute atomic E-state index is 0.706. The highest BCUT2D eigenvalue weighted by molar-refractivity contribution is 7.85. The highest BCUT2D eigenvalue weighted by Crippen LogP contribution is 2.06. The molecule has 4 N–H and O–H groups in total. The summed E-state index contributed by atoms with van der Waals surface area (Å²) < 4.78 is 49.6. The Morgan fingerprint density at radius 1 is 1.38 bits per heavy atom. The molecular formula is C11H22N2O7S. The summed E-state index contributed by atoms with van der Waals surface area (Å²) in [6.07, 6.45) is -1.69. The van der Waals surface area contributed by atoms with Crippen molar-refractivity contribution in [2.45, 2.75) is 38.8 Å². The molecule has 0 aliphatic rings. The van der Waals surface area contributed by atoms with Crippen LogP contribution in [0.2, 0.25) is 0 Å². The summed E-state index contributed by atoms with van der Waals surface area (Å²) in [4.78, 5) is 23.3. The Morgan fingerprint density at radius 2 is 1.95 bits per heavy atom. The third-order valence-corrected chi connectivity index (χ3v) is 2.61. The topological polar surface area (TPSA) is 142 Å². The molecule has 0 aliphatic heterocycles. The Morgan fingerprint density at radius 3 is 2.38 bits per heavy atom. The third kappa shape index (κ3) is 11.0. The van der Waals surface area contributed by atoms with E-state index in [0.29, 0.717) is 0 Å². The van der Waals surface area contributed by atoms with E-state index in [1.54, 1.807) is 20.8 Å². The van der Waals surface area contributed by atoms with Crippen LogP contribution in [-0.2, 0) is 19.6 Å². The zero-order valence-corrected chi connectivity index (χ0v) is 12.9. The van der Waals surface area contributed by atoms with Crippen molar-refractivity contribution in [1.29, 1.82) is 0 Å². The quantitative estimate of drug-likeness (QED) is 0.451. The molecule has 0 aromatic carbocycles. The Labute approximate surface area is 126 Å². The fourth-order valence-electron chi connectivity index (χ4n) is 1.06. The maximum atomic E-state index is 11.8. The average molecular weight is 328 g/mol. The smallest absolute Gasteiger partial charge is 0.408 e. The molecule has 0 aromatic heterocycles. The first kappa shape index (κ1) is 16.0. The van der Waals surface area contributed by atoms with Gasteiger partial charge in [0.25, 0.3) is 10.1 Å². The number of nitrogens with one attached hydrogen (secondary N) is 2. The molecule has 21 heavy (non-hydrogen) atoms. The number of alkyl carbamates (subject to hydrolysis) is 1. The normalized spacial score (nSPS) is 15.5. The van der Waals surface area contributed by atoms with E-state index in [2.05, 4.69) is 5.32 Å². The van der Waals surface area contributed by atoms with Crippen LogP contribution in [0.25, 0.3) is 0 Å². The van der Waals surface area contributed by atoms with Gasteiger partial charge >= 0.3 is 6.09 Å². The molecule has 2 amide bonds. The molecule has 0 rings (SSSR count). The van der Waals surface area contributed by atoms with Gasteiger partial charge in [0.1, 0.15) is 11.6 Å². The predicted octanol–water partition coefficient (Wildman–Crippen LogP) is -0.734. The number of rotatable bonds is 7. The Kier molecular flexibility index (Phi) is 6.21. The summed E-state index contributed by atoms with van der Waals surface area (Å²) in [6.45, 7) is 1.49. The van der Waals surface area contributed by atoms with Crippen molar-refractivity contribution in [1.82, 2.24) is 10.6 Å². The van der Waals surface area contributed by atoms with Crippen LogP contribution >= 0.6 is 0 Å². The predicted molar refractivity (Wildman–Crippen MR) is 74.3 cm³/mol. The Hall–Kier alpha value is -1.39. The number of carbonyl (C=O) groups excluding carboxylic acids is 2. The molecule has 0 spiro atoms. The Bertz CT molecular complexity index is 531. The number of hydrogen-bond acceptors (Lipinski definition) is 6. The monoisotopic (exact) mass is 328 g/mol. The van der Waals surface area contributed by atoms with Gasteiger partial charge in [-0.15, -0.1) is 0 Å². The van der Waals surface area contributed by atoms with Crippen molar-refractivity contribution in [2.24, 2.45) is 0 Å². The van der Waals surface area contributed by atoms with Gasteiger partial charge in [0.2, 0.25) is 5.91 Å². The van der Waals surface area contributed by atoms with Gasteiger partial charge in [0.05, 0.1) is 12.4 Å². The van der Waals surface area contributed by atoms with E-state index in [1.165, 1.54) is 0 Å². The van der Waals surface area contributed by atoms with E-state index in [0.717, 1.165) is 0 Å². The van der Waals surface area contributed by atoms with Gasteiger partial charge in [0.15, 0.2) is 0 Å². The van der Waals surface area contributed by atoms with Crippen LogP contribution in [0.15, 0.2) is 0 Å². The molecule has 0 bridgehead atoms. The molecule has 10 heteroatoms. The zero-order chi connectivity index (χ0) is 18.5. The van der Waals surface area contributed by atoms with Gasteiger partial charge < -0.3 is 20.5 Å². The van der Waals surface area contributed by atoms with Crippen LogP contribution in [0, 0.1) is 0 Å². The van der Waals surface area contributed by atoms with Gasteiger partial charge in [0, 0.05) is 9.24 Å². The maximum absolute atomic E-state index is 11.8. The molecule has 1 atom stereocenters. The van der Waals surface area contributed by atoms with Gasteiger partial charge in [-0.3, -0.25) is 9.35 Å². The number of aliphatic hydroxyl groups is 1. The molecule has 124 valence electrons. The first-order valence-corrected chi connectivity index (χ1v) is 7.64. The lowest BCUT2D eigenvalue weighted by atomic mass is 10.2. The second kappa shape index (κ2) is 8.15. The summed E-state index contributed by atoms with van der Waals surface area (Å²) in [5, 5.41) is 13.0. The summed E-state index contributed by atoms with van der Waals surface area (Å²) in [6, 6.07) is -1.48. The average Bonchev–Trinajstić information content (AvgIpc) is 2.30. The summed E-state index contributed by atoms with van der Waals surface area (Å²) in [5.41, 5.74) is -0.829. The largest absolute Gasteiger partial charge is 0.444 e. The van der Waals surface area contributed by atoms with Gasteiger partial charge in [-0.1, -0.05) is 0 Å². The lowest BCUT2D eigenvalue weighted by molar-refractivity contribution is -0.124. The third-order valence-electron chi connectivity index (χ3n) is 1.89.